The first-order valence-electron chi connectivity index (χ1n) is 5.42. The molecule has 2 aromatic rings. The Bertz CT molecular complexity index is 498. The average Bonchev–Trinajstić information content (AvgIpc) is 2.72. The largest absolute Gasteiger partial charge is 0.388 e. The van der Waals surface area contributed by atoms with Gasteiger partial charge in [0.05, 0.1) is 6.10 Å². The van der Waals surface area contributed by atoms with Gasteiger partial charge < -0.3 is 5.11 Å². The van der Waals surface area contributed by atoms with E-state index in [1.165, 1.54) is 0 Å². The quantitative estimate of drug-likeness (QED) is 0.941. The summed E-state index contributed by atoms with van der Waals surface area (Å²) < 4.78 is 2.71. The van der Waals surface area contributed by atoms with Gasteiger partial charge >= 0.3 is 0 Å². The van der Waals surface area contributed by atoms with Gasteiger partial charge in [0.1, 0.15) is 0 Å². The summed E-state index contributed by atoms with van der Waals surface area (Å²) >= 11 is 3.34. The van der Waals surface area contributed by atoms with E-state index in [-0.39, 0.29) is 0 Å². The SMILES string of the molecule is Cn1nccc1CCC(O)c1cncc(Br)c1. The Morgan fingerprint density at radius 3 is 2.94 bits per heavy atom. The summed E-state index contributed by atoms with van der Waals surface area (Å²) in [6.45, 7) is 0. The van der Waals surface area contributed by atoms with E-state index in [4.69, 9.17) is 0 Å². The molecule has 1 atom stereocenters. The second-order valence-corrected chi connectivity index (χ2v) is 4.85. The lowest BCUT2D eigenvalue weighted by atomic mass is 10.1. The van der Waals surface area contributed by atoms with E-state index in [0.717, 1.165) is 22.2 Å². The Balaban J connectivity index is 1.98. The van der Waals surface area contributed by atoms with Crippen molar-refractivity contribution in [3.63, 3.8) is 0 Å². The van der Waals surface area contributed by atoms with Crippen molar-refractivity contribution in [1.82, 2.24) is 14.8 Å². The summed E-state index contributed by atoms with van der Waals surface area (Å²) in [5.41, 5.74) is 1.95. The molecular weight excluding hydrogens is 282 g/mol. The zero-order valence-electron chi connectivity index (χ0n) is 9.55. The van der Waals surface area contributed by atoms with E-state index < -0.39 is 6.10 Å². The van der Waals surface area contributed by atoms with Gasteiger partial charge in [0, 0.05) is 35.8 Å². The van der Waals surface area contributed by atoms with Crippen molar-refractivity contribution < 1.29 is 5.11 Å². The van der Waals surface area contributed by atoms with Crippen LogP contribution in [0.5, 0.6) is 0 Å². The Hall–Kier alpha value is -1.20. The van der Waals surface area contributed by atoms with Crippen LogP contribution in [0.1, 0.15) is 23.8 Å². The van der Waals surface area contributed by atoms with Gasteiger partial charge in [-0.3, -0.25) is 9.67 Å². The van der Waals surface area contributed by atoms with Crippen molar-refractivity contribution in [3.05, 3.63) is 46.5 Å². The molecule has 2 rings (SSSR count). The molecule has 1 unspecified atom stereocenters. The maximum atomic E-state index is 10.0. The molecule has 0 aliphatic carbocycles. The monoisotopic (exact) mass is 295 g/mol. The summed E-state index contributed by atoms with van der Waals surface area (Å²) in [5.74, 6) is 0. The molecule has 0 amide bonds. The second kappa shape index (κ2) is 5.42. The number of pyridine rings is 1. The van der Waals surface area contributed by atoms with E-state index in [1.54, 1.807) is 18.6 Å². The van der Waals surface area contributed by atoms with Crippen molar-refractivity contribution in [2.24, 2.45) is 7.05 Å². The van der Waals surface area contributed by atoms with Crippen molar-refractivity contribution >= 4 is 15.9 Å². The predicted molar refractivity (Wildman–Crippen MR) is 68.4 cm³/mol. The molecule has 17 heavy (non-hydrogen) atoms. The van der Waals surface area contributed by atoms with Crippen LogP contribution >= 0.6 is 15.9 Å². The molecule has 2 heterocycles. The van der Waals surface area contributed by atoms with Gasteiger partial charge in [-0.25, -0.2) is 0 Å². The summed E-state index contributed by atoms with van der Waals surface area (Å²) in [7, 11) is 1.91. The van der Waals surface area contributed by atoms with Crippen LogP contribution in [0, 0.1) is 0 Å². The van der Waals surface area contributed by atoms with E-state index >= 15 is 0 Å². The predicted octanol–water partition coefficient (Wildman–Crippen LogP) is 2.24. The lowest BCUT2D eigenvalue weighted by Gasteiger charge is -2.10. The minimum Gasteiger partial charge on any atom is -0.388 e. The molecule has 0 aliphatic heterocycles. The maximum Gasteiger partial charge on any atom is 0.0809 e. The highest BCUT2D eigenvalue weighted by atomic mass is 79.9. The van der Waals surface area contributed by atoms with Gasteiger partial charge in [0.2, 0.25) is 0 Å². The summed E-state index contributed by atoms with van der Waals surface area (Å²) in [4.78, 5) is 4.04. The van der Waals surface area contributed by atoms with Crippen LogP contribution in [-0.4, -0.2) is 19.9 Å². The Labute approximate surface area is 108 Å². The number of rotatable bonds is 4. The number of hydrogen-bond donors (Lipinski definition) is 1. The molecule has 1 N–H and O–H groups in total. The molecule has 0 saturated heterocycles. The highest BCUT2D eigenvalue weighted by Gasteiger charge is 2.09. The maximum absolute atomic E-state index is 10.0. The molecule has 0 saturated carbocycles. The van der Waals surface area contributed by atoms with Crippen molar-refractivity contribution in [1.29, 1.82) is 0 Å². The minimum absolute atomic E-state index is 0.491. The molecule has 90 valence electrons. The number of aryl methyl sites for hydroxylation is 2. The smallest absolute Gasteiger partial charge is 0.0809 e. The number of aromatic nitrogens is 3. The second-order valence-electron chi connectivity index (χ2n) is 3.94. The van der Waals surface area contributed by atoms with Gasteiger partial charge in [0.25, 0.3) is 0 Å². The first-order chi connectivity index (χ1) is 8.16. The zero-order chi connectivity index (χ0) is 12.3. The third-order valence-electron chi connectivity index (χ3n) is 2.71. The molecule has 0 aromatic carbocycles. The molecule has 0 aliphatic rings. The number of halogens is 1. The van der Waals surface area contributed by atoms with Crippen LogP contribution in [0.3, 0.4) is 0 Å². The van der Waals surface area contributed by atoms with Crippen LogP contribution in [0.2, 0.25) is 0 Å². The highest BCUT2D eigenvalue weighted by Crippen LogP contribution is 2.20. The standard InChI is InChI=1S/C12H14BrN3O/c1-16-11(4-5-15-16)2-3-12(17)9-6-10(13)8-14-7-9/h4-8,12,17H,2-3H2,1H3. The first-order valence-corrected chi connectivity index (χ1v) is 6.21. The van der Waals surface area contributed by atoms with Gasteiger partial charge in [-0.05, 0) is 46.5 Å². The molecule has 0 spiro atoms. The van der Waals surface area contributed by atoms with Crippen LogP contribution in [0.4, 0.5) is 0 Å². The molecule has 2 aromatic heterocycles. The van der Waals surface area contributed by atoms with E-state index in [0.29, 0.717) is 6.42 Å². The first kappa shape index (κ1) is 12.3. The van der Waals surface area contributed by atoms with Crippen LogP contribution in [0.25, 0.3) is 0 Å². The van der Waals surface area contributed by atoms with Crippen molar-refractivity contribution in [2.75, 3.05) is 0 Å². The normalized spacial score (nSPS) is 12.6. The van der Waals surface area contributed by atoms with Crippen LogP contribution in [-0.2, 0) is 13.5 Å². The summed E-state index contributed by atoms with van der Waals surface area (Å²) in [6, 6.07) is 3.85. The summed E-state index contributed by atoms with van der Waals surface area (Å²) in [6.07, 6.45) is 6.13. The fourth-order valence-corrected chi connectivity index (χ4v) is 2.09. The van der Waals surface area contributed by atoms with E-state index in [2.05, 4.69) is 26.0 Å². The van der Waals surface area contributed by atoms with E-state index in [1.807, 2.05) is 23.9 Å². The minimum atomic E-state index is -0.491. The van der Waals surface area contributed by atoms with Crippen LogP contribution in [0.15, 0.2) is 35.2 Å². The van der Waals surface area contributed by atoms with Gasteiger partial charge in [-0.1, -0.05) is 0 Å². The number of nitrogens with zero attached hydrogens (tertiary/aromatic N) is 3. The number of aliphatic hydroxyl groups is 1. The topological polar surface area (TPSA) is 50.9 Å². The fraction of sp³-hybridized carbons (Fsp3) is 0.333. The van der Waals surface area contributed by atoms with E-state index in [9.17, 15) is 5.11 Å². The summed E-state index contributed by atoms with van der Waals surface area (Å²) in [5, 5.41) is 14.1. The molecule has 0 radical (unpaired) electrons. The lowest BCUT2D eigenvalue weighted by molar-refractivity contribution is 0.166. The van der Waals surface area contributed by atoms with Gasteiger partial charge in [-0.2, -0.15) is 5.10 Å². The third kappa shape index (κ3) is 3.14. The van der Waals surface area contributed by atoms with Crippen molar-refractivity contribution in [3.8, 4) is 0 Å². The van der Waals surface area contributed by atoms with Crippen LogP contribution < -0.4 is 0 Å². The Kier molecular flexibility index (Phi) is 3.91. The molecule has 0 bridgehead atoms. The number of aliphatic hydroxyl groups excluding tert-OH is 1. The zero-order valence-corrected chi connectivity index (χ0v) is 11.1. The highest BCUT2D eigenvalue weighted by molar-refractivity contribution is 9.10. The third-order valence-corrected chi connectivity index (χ3v) is 3.14. The van der Waals surface area contributed by atoms with Crippen molar-refractivity contribution in [2.45, 2.75) is 18.9 Å². The average molecular weight is 296 g/mol. The fourth-order valence-electron chi connectivity index (χ4n) is 1.71. The molecule has 4 nitrogen and oxygen atoms in total. The van der Waals surface area contributed by atoms with Gasteiger partial charge in [0.15, 0.2) is 0 Å². The Morgan fingerprint density at radius 2 is 2.29 bits per heavy atom. The van der Waals surface area contributed by atoms with Gasteiger partial charge in [-0.15, -0.1) is 0 Å². The molecule has 5 heteroatoms. The molecule has 0 fully saturated rings. The molecular formula is C12H14BrN3O. The lowest BCUT2D eigenvalue weighted by Crippen LogP contribution is -2.03. The Morgan fingerprint density at radius 1 is 1.47 bits per heavy atom. The number of hydrogen-bond acceptors (Lipinski definition) is 3.